The van der Waals surface area contributed by atoms with Gasteiger partial charge in [0.25, 0.3) is 5.91 Å². The quantitative estimate of drug-likeness (QED) is 0.356. The monoisotopic (exact) mass is 492 g/mol. The summed E-state index contributed by atoms with van der Waals surface area (Å²) in [4.78, 5) is 56.4. The number of ketones is 2. The first kappa shape index (κ1) is 24.1. The molecule has 5 rings (SSSR count). The van der Waals surface area contributed by atoms with E-state index in [1.165, 1.54) is 6.92 Å². The minimum Gasteiger partial charge on any atom is -0.452 e. The smallest absolute Gasteiger partial charge is 0.311 e. The molecule has 1 aromatic heterocycles. The lowest BCUT2D eigenvalue weighted by Crippen LogP contribution is -2.32. The molecule has 1 N–H and O–H groups in total. The van der Waals surface area contributed by atoms with Gasteiger partial charge in [0, 0.05) is 27.8 Å². The van der Waals surface area contributed by atoms with E-state index in [4.69, 9.17) is 4.74 Å². The van der Waals surface area contributed by atoms with Crippen molar-refractivity contribution in [2.75, 3.05) is 5.32 Å². The normalized spacial score (nSPS) is 13.1. The van der Waals surface area contributed by atoms with Crippen LogP contribution in [0.1, 0.15) is 55.6 Å². The van der Waals surface area contributed by atoms with Crippen molar-refractivity contribution in [1.29, 1.82) is 0 Å². The molecule has 0 bridgehead atoms. The lowest BCUT2D eigenvalue weighted by molar-refractivity contribution is -0.152. The predicted molar refractivity (Wildman–Crippen MR) is 139 cm³/mol. The van der Waals surface area contributed by atoms with Gasteiger partial charge in [-0.15, -0.1) is 0 Å². The van der Waals surface area contributed by atoms with Crippen molar-refractivity contribution in [3.05, 3.63) is 106 Å². The molecule has 1 aliphatic carbocycles. The zero-order valence-electron chi connectivity index (χ0n) is 20.6. The molecule has 3 aromatic carbocycles. The summed E-state index contributed by atoms with van der Waals surface area (Å²) < 4.78 is 5.43. The highest BCUT2D eigenvalue weighted by Gasteiger charge is 2.32. The predicted octanol–water partition coefficient (Wildman–Crippen LogP) is 4.74. The summed E-state index contributed by atoms with van der Waals surface area (Å²) in [7, 11) is 0. The SMILES string of the molecule is Cc1nc2ccccc2c(C)c1CC(=O)OC(C)C(=O)Nc1cccc2c1C(=O)c1ccccc1C2=O. The number of carbonyl (C=O) groups is 4. The van der Waals surface area contributed by atoms with E-state index < -0.39 is 18.0 Å². The average molecular weight is 493 g/mol. The van der Waals surface area contributed by atoms with Gasteiger partial charge < -0.3 is 10.1 Å². The minimum atomic E-state index is -1.13. The van der Waals surface area contributed by atoms with Crippen LogP contribution in [0.2, 0.25) is 0 Å². The summed E-state index contributed by atoms with van der Waals surface area (Å²) in [5.74, 6) is -1.80. The van der Waals surface area contributed by atoms with Crippen LogP contribution in [0.25, 0.3) is 10.9 Å². The van der Waals surface area contributed by atoms with E-state index in [9.17, 15) is 19.2 Å². The largest absolute Gasteiger partial charge is 0.452 e. The van der Waals surface area contributed by atoms with E-state index in [0.29, 0.717) is 5.56 Å². The van der Waals surface area contributed by atoms with Gasteiger partial charge in [0.15, 0.2) is 17.7 Å². The van der Waals surface area contributed by atoms with E-state index in [0.717, 1.165) is 27.7 Å². The van der Waals surface area contributed by atoms with E-state index in [-0.39, 0.29) is 40.4 Å². The Bertz CT molecular complexity index is 1620. The van der Waals surface area contributed by atoms with Gasteiger partial charge in [-0.25, -0.2) is 0 Å². The van der Waals surface area contributed by atoms with Gasteiger partial charge in [0.2, 0.25) is 0 Å². The van der Waals surface area contributed by atoms with Gasteiger partial charge in [-0.1, -0.05) is 54.6 Å². The molecule has 1 heterocycles. The Balaban J connectivity index is 1.32. The molecule has 0 saturated carbocycles. The fourth-order valence-electron chi connectivity index (χ4n) is 4.75. The lowest BCUT2D eigenvalue weighted by atomic mass is 9.83. The van der Waals surface area contributed by atoms with Crippen LogP contribution >= 0.6 is 0 Å². The molecular weight excluding hydrogens is 468 g/mol. The maximum absolute atomic E-state index is 13.2. The van der Waals surface area contributed by atoms with Gasteiger partial charge >= 0.3 is 5.97 Å². The number of hydrogen-bond donors (Lipinski definition) is 1. The summed E-state index contributed by atoms with van der Waals surface area (Å²) in [6.45, 7) is 5.24. The Kier molecular flexibility index (Phi) is 6.13. The zero-order valence-corrected chi connectivity index (χ0v) is 20.6. The van der Waals surface area contributed by atoms with Crippen molar-refractivity contribution < 1.29 is 23.9 Å². The number of benzene rings is 3. The summed E-state index contributed by atoms with van der Waals surface area (Å²) in [6, 6.07) is 19.0. The van der Waals surface area contributed by atoms with Gasteiger partial charge in [0.1, 0.15) is 0 Å². The van der Waals surface area contributed by atoms with E-state index in [1.54, 1.807) is 42.5 Å². The van der Waals surface area contributed by atoms with Crippen molar-refractivity contribution in [1.82, 2.24) is 4.98 Å². The number of nitrogens with zero attached hydrogens (tertiary/aromatic N) is 1. The van der Waals surface area contributed by atoms with Crippen LogP contribution in [0.15, 0.2) is 66.7 Å². The summed E-state index contributed by atoms with van der Waals surface area (Å²) in [5, 5.41) is 3.62. The van der Waals surface area contributed by atoms with Crippen molar-refractivity contribution in [3.63, 3.8) is 0 Å². The Labute approximate surface area is 213 Å². The summed E-state index contributed by atoms with van der Waals surface area (Å²) in [6.07, 6.45) is -1.16. The Morgan fingerprint density at radius 3 is 2.27 bits per heavy atom. The third-order valence-electron chi connectivity index (χ3n) is 6.69. The Hall–Kier alpha value is -4.65. The third kappa shape index (κ3) is 4.29. The van der Waals surface area contributed by atoms with Crippen LogP contribution in [0.4, 0.5) is 5.69 Å². The Morgan fingerprint density at radius 1 is 0.865 bits per heavy atom. The number of nitrogens with one attached hydrogen (secondary N) is 1. The van der Waals surface area contributed by atoms with Crippen LogP contribution in [0, 0.1) is 13.8 Å². The second kappa shape index (κ2) is 9.43. The maximum atomic E-state index is 13.2. The molecule has 1 aliphatic rings. The minimum absolute atomic E-state index is 0.0301. The zero-order chi connectivity index (χ0) is 26.3. The number of carbonyl (C=O) groups excluding carboxylic acids is 4. The van der Waals surface area contributed by atoms with Crippen LogP contribution in [-0.4, -0.2) is 34.5 Å². The third-order valence-corrected chi connectivity index (χ3v) is 6.69. The molecule has 1 unspecified atom stereocenters. The van der Waals surface area contributed by atoms with Crippen molar-refractivity contribution >= 4 is 40.0 Å². The highest BCUT2D eigenvalue weighted by atomic mass is 16.5. The number of fused-ring (bicyclic) bond motifs is 3. The molecule has 7 nitrogen and oxygen atoms in total. The number of aryl methyl sites for hydroxylation is 2. The second-order valence-corrected chi connectivity index (χ2v) is 9.05. The molecule has 0 aliphatic heterocycles. The molecule has 184 valence electrons. The first-order valence-corrected chi connectivity index (χ1v) is 11.9. The number of esters is 1. The molecule has 0 radical (unpaired) electrons. The molecule has 0 spiro atoms. The number of para-hydroxylation sites is 1. The highest BCUT2D eigenvalue weighted by Crippen LogP contribution is 2.32. The number of hydrogen-bond acceptors (Lipinski definition) is 6. The lowest BCUT2D eigenvalue weighted by Gasteiger charge is -2.21. The van der Waals surface area contributed by atoms with Gasteiger partial charge in [-0.3, -0.25) is 24.2 Å². The number of pyridine rings is 1. The molecule has 4 aromatic rings. The van der Waals surface area contributed by atoms with E-state index >= 15 is 0 Å². The van der Waals surface area contributed by atoms with Gasteiger partial charge in [-0.05, 0) is 44.0 Å². The van der Waals surface area contributed by atoms with Crippen molar-refractivity contribution in [3.8, 4) is 0 Å². The Morgan fingerprint density at radius 2 is 1.51 bits per heavy atom. The first-order valence-electron chi connectivity index (χ1n) is 11.9. The molecule has 0 saturated heterocycles. The van der Waals surface area contributed by atoms with Crippen molar-refractivity contribution in [2.24, 2.45) is 0 Å². The number of rotatable bonds is 5. The topological polar surface area (TPSA) is 102 Å². The van der Waals surface area contributed by atoms with E-state index in [1.807, 2.05) is 38.1 Å². The highest BCUT2D eigenvalue weighted by molar-refractivity contribution is 6.30. The molecule has 1 amide bonds. The van der Waals surface area contributed by atoms with Crippen molar-refractivity contribution in [2.45, 2.75) is 33.3 Å². The van der Waals surface area contributed by atoms with E-state index in [2.05, 4.69) is 10.3 Å². The van der Waals surface area contributed by atoms with Crippen LogP contribution in [-0.2, 0) is 20.7 Å². The fraction of sp³-hybridized carbons (Fsp3) is 0.167. The molecule has 37 heavy (non-hydrogen) atoms. The van der Waals surface area contributed by atoms with Crippen LogP contribution in [0.3, 0.4) is 0 Å². The van der Waals surface area contributed by atoms with Gasteiger partial charge in [0.05, 0.1) is 23.2 Å². The first-order chi connectivity index (χ1) is 17.8. The number of ether oxygens (including phenoxy) is 1. The fourth-order valence-corrected chi connectivity index (χ4v) is 4.75. The molecule has 1 atom stereocenters. The number of anilines is 1. The van der Waals surface area contributed by atoms with Gasteiger partial charge in [-0.2, -0.15) is 0 Å². The number of amides is 1. The summed E-state index contributed by atoms with van der Waals surface area (Å²) in [5.41, 5.74) is 4.45. The van der Waals surface area contributed by atoms with Crippen LogP contribution < -0.4 is 5.32 Å². The standard InChI is InChI=1S/C30H24N2O5/c1-16-19-9-6-7-13-24(19)31-17(2)23(16)15-26(33)37-18(3)30(36)32-25-14-8-12-22-27(25)29(35)21-11-5-4-10-20(21)28(22)34/h4-14,18H,15H2,1-3H3,(H,32,36). The molecule has 0 fully saturated rings. The average Bonchev–Trinajstić information content (AvgIpc) is 2.89. The molecular formula is C30H24N2O5. The second-order valence-electron chi connectivity index (χ2n) is 9.05. The summed E-state index contributed by atoms with van der Waals surface area (Å²) >= 11 is 0. The van der Waals surface area contributed by atoms with Crippen LogP contribution in [0.5, 0.6) is 0 Å². The maximum Gasteiger partial charge on any atom is 0.311 e. The molecule has 7 heteroatoms. The number of aromatic nitrogens is 1.